The molecule has 0 saturated carbocycles. The van der Waals surface area contributed by atoms with Gasteiger partial charge in [-0.25, -0.2) is 4.98 Å². The van der Waals surface area contributed by atoms with Crippen molar-refractivity contribution < 1.29 is 4.74 Å². The number of nitrogens with zero attached hydrogens (tertiary/aromatic N) is 4. The average Bonchev–Trinajstić information content (AvgIpc) is 3.08. The van der Waals surface area contributed by atoms with Gasteiger partial charge in [-0.2, -0.15) is 5.10 Å². The van der Waals surface area contributed by atoms with Gasteiger partial charge in [-0.1, -0.05) is 0 Å². The van der Waals surface area contributed by atoms with Crippen molar-refractivity contribution in [1.29, 1.82) is 0 Å². The van der Waals surface area contributed by atoms with Crippen LogP contribution in [0.3, 0.4) is 0 Å². The Balaban J connectivity index is 1.67. The number of imidazole rings is 1. The quantitative estimate of drug-likeness (QED) is 0.936. The maximum Gasteiger partial charge on any atom is 0.136 e. The average molecular weight is 289 g/mol. The SMILES string of the molecule is Cc1cnc(C2CN(Cc3ccnn3C(C)C)CCO2)[nH]1. The molecule has 1 saturated heterocycles. The fourth-order valence-corrected chi connectivity index (χ4v) is 2.77. The summed E-state index contributed by atoms with van der Waals surface area (Å²) in [7, 11) is 0. The molecule has 3 rings (SSSR count). The summed E-state index contributed by atoms with van der Waals surface area (Å²) in [6.45, 7) is 9.76. The minimum atomic E-state index is 0.0304. The van der Waals surface area contributed by atoms with Gasteiger partial charge in [0.2, 0.25) is 0 Å². The molecule has 1 atom stereocenters. The summed E-state index contributed by atoms with van der Waals surface area (Å²) >= 11 is 0. The van der Waals surface area contributed by atoms with E-state index in [-0.39, 0.29) is 6.10 Å². The molecule has 6 heteroatoms. The number of hydrogen-bond donors (Lipinski definition) is 1. The lowest BCUT2D eigenvalue weighted by molar-refractivity contribution is -0.0376. The first-order valence-corrected chi connectivity index (χ1v) is 7.51. The standard InChI is InChI=1S/C15H23N5O/c1-11(2)20-13(4-5-17-20)9-19-6-7-21-14(10-19)15-16-8-12(3)18-15/h4-5,8,11,14H,6-7,9-10H2,1-3H3,(H,16,18). The zero-order valence-corrected chi connectivity index (χ0v) is 12.9. The van der Waals surface area contributed by atoms with E-state index in [1.807, 2.05) is 19.3 Å². The van der Waals surface area contributed by atoms with Gasteiger partial charge in [0, 0.05) is 43.8 Å². The number of hydrogen-bond acceptors (Lipinski definition) is 4. The van der Waals surface area contributed by atoms with Gasteiger partial charge in [0.25, 0.3) is 0 Å². The number of ether oxygens (including phenoxy) is 1. The predicted molar refractivity (Wildman–Crippen MR) is 79.9 cm³/mol. The Kier molecular flexibility index (Phi) is 4.07. The fraction of sp³-hybridized carbons (Fsp3) is 0.600. The topological polar surface area (TPSA) is 59.0 Å². The molecule has 0 bridgehead atoms. The van der Waals surface area contributed by atoms with Gasteiger partial charge in [-0.3, -0.25) is 9.58 Å². The van der Waals surface area contributed by atoms with Crippen LogP contribution < -0.4 is 0 Å². The van der Waals surface area contributed by atoms with Crippen molar-refractivity contribution in [2.24, 2.45) is 0 Å². The van der Waals surface area contributed by atoms with Crippen LogP contribution in [0.25, 0.3) is 0 Å². The molecule has 0 radical (unpaired) electrons. The van der Waals surface area contributed by atoms with E-state index in [1.54, 1.807) is 0 Å². The number of nitrogens with one attached hydrogen (secondary N) is 1. The molecule has 0 amide bonds. The van der Waals surface area contributed by atoms with Crippen molar-refractivity contribution in [2.45, 2.75) is 39.5 Å². The van der Waals surface area contributed by atoms with Crippen molar-refractivity contribution in [2.75, 3.05) is 19.7 Å². The van der Waals surface area contributed by atoms with E-state index in [0.717, 1.165) is 37.8 Å². The highest BCUT2D eigenvalue weighted by Gasteiger charge is 2.24. The van der Waals surface area contributed by atoms with E-state index in [9.17, 15) is 0 Å². The van der Waals surface area contributed by atoms with Gasteiger partial charge in [0.05, 0.1) is 12.3 Å². The molecule has 0 aromatic carbocycles. The normalized spacial score (nSPS) is 20.3. The Morgan fingerprint density at radius 1 is 1.48 bits per heavy atom. The van der Waals surface area contributed by atoms with Crippen LogP contribution in [-0.4, -0.2) is 44.3 Å². The second-order valence-electron chi connectivity index (χ2n) is 5.91. The van der Waals surface area contributed by atoms with Gasteiger partial charge in [-0.05, 0) is 26.8 Å². The second kappa shape index (κ2) is 5.99. The molecule has 6 nitrogen and oxygen atoms in total. The Bertz CT molecular complexity index is 588. The molecule has 3 heterocycles. The summed E-state index contributed by atoms with van der Waals surface area (Å²) in [5.74, 6) is 0.926. The van der Waals surface area contributed by atoms with Crippen LogP contribution in [0.5, 0.6) is 0 Å². The summed E-state index contributed by atoms with van der Waals surface area (Å²) in [5.41, 5.74) is 2.32. The predicted octanol–water partition coefficient (Wildman–Crippen LogP) is 2.07. The van der Waals surface area contributed by atoms with Gasteiger partial charge in [0.1, 0.15) is 11.9 Å². The molecule has 1 aliphatic rings. The molecule has 0 spiro atoms. The van der Waals surface area contributed by atoms with Crippen LogP contribution in [0.2, 0.25) is 0 Å². The van der Waals surface area contributed by atoms with E-state index in [2.05, 4.69) is 44.6 Å². The Labute approximate surface area is 125 Å². The Hall–Kier alpha value is -1.66. The number of rotatable bonds is 4. The third-order valence-electron chi connectivity index (χ3n) is 3.81. The molecule has 2 aromatic heterocycles. The molecular weight excluding hydrogens is 266 g/mol. The first kappa shape index (κ1) is 14.3. The van der Waals surface area contributed by atoms with Crippen LogP contribution in [-0.2, 0) is 11.3 Å². The summed E-state index contributed by atoms with van der Waals surface area (Å²) in [5, 5.41) is 4.40. The van der Waals surface area contributed by atoms with E-state index in [4.69, 9.17) is 4.74 Å². The zero-order valence-electron chi connectivity index (χ0n) is 12.9. The highest BCUT2D eigenvalue weighted by molar-refractivity contribution is 5.05. The molecule has 0 aliphatic carbocycles. The van der Waals surface area contributed by atoms with Crippen LogP contribution >= 0.6 is 0 Å². The number of morpholine rings is 1. The van der Waals surface area contributed by atoms with Crippen LogP contribution in [0.1, 0.15) is 43.2 Å². The minimum absolute atomic E-state index is 0.0304. The second-order valence-corrected chi connectivity index (χ2v) is 5.91. The molecule has 2 aromatic rings. The van der Waals surface area contributed by atoms with Crippen LogP contribution in [0, 0.1) is 6.92 Å². The van der Waals surface area contributed by atoms with Crippen molar-refractivity contribution in [3.05, 3.63) is 35.7 Å². The van der Waals surface area contributed by atoms with E-state index in [0.29, 0.717) is 6.04 Å². The van der Waals surface area contributed by atoms with E-state index >= 15 is 0 Å². The van der Waals surface area contributed by atoms with Gasteiger partial charge in [0.15, 0.2) is 0 Å². The Morgan fingerprint density at radius 3 is 3.05 bits per heavy atom. The molecule has 1 fully saturated rings. The van der Waals surface area contributed by atoms with Crippen molar-refractivity contribution >= 4 is 0 Å². The summed E-state index contributed by atoms with van der Waals surface area (Å²) in [6, 6.07) is 2.49. The summed E-state index contributed by atoms with van der Waals surface area (Å²) in [6.07, 6.45) is 3.76. The highest BCUT2D eigenvalue weighted by Crippen LogP contribution is 2.21. The van der Waals surface area contributed by atoms with Gasteiger partial charge < -0.3 is 9.72 Å². The molecule has 1 unspecified atom stereocenters. The highest BCUT2D eigenvalue weighted by atomic mass is 16.5. The van der Waals surface area contributed by atoms with E-state index < -0.39 is 0 Å². The first-order valence-electron chi connectivity index (χ1n) is 7.51. The number of aromatic amines is 1. The van der Waals surface area contributed by atoms with E-state index in [1.165, 1.54) is 5.69 Å². The van der Waals surface area contributed by atoms with Gasteiger partial charge >= 0.3 is 0 Å². The van der Waals surface area contributed by atoms with Gasteiger partial charge in [-0.15, -0.1) is 0 Å². The summed E-state index contributed by atoms with van der Waals surface area (Å²) in [4.78, 5) is 10.1. The number of aryl methyl sites for hydroxylation is 1. The molecule has 114 valence electrons. The van der Waals surface area contributed by atoms with Crippen LogP contribution in [0.4, 0.5) is 0 Å². The largest absolute Gasteiger partial charge is 0.368 e. The maximum absolute atomic E-state index is 5.85. The van der Waals surface area contributed by atoms with Crippen molar-refractivity contribution in [3.63, 3.8) is 0 Å². The first-order chi connectivity index (χ1) is 10.1. The van der Waals surface area contributed by atoms with Crippen molar-refractivity contribution in [3.8, 4) is 0 Å². The molecule has 1 N–H and O–H groups in total. The monoisotopic (exact) mass is 289 g/mol. The fourth-order valence-electron chi connectivity index (χ4n) is 2.77. The van der Waals surface area contributed by atoms with Crippen molar-refractivity contribution in [1.82, 2.24) is 24.6 Å². The summed E-state index contributed by atoms with van der Waals surface area (Å²) < 4.78 is 7.93. The lowest BCUT2D eigenvalue weighted by Crippen LogP contribution is -2.38. The molecule has 1 aliphatic heterocycles. The number of aromatic nitrogens is 4. The lowest BCUT2D eigenvalue weighted by atomic mass is 10.2. The third kappa shape index (κ3) is 3.16. The third-order valence-corrected chi connectivity index (χ3v) is 3.81. The molecule has 21 heavy (non-hydrogen) atoms. The minimum Gasteiger partial charge on any atom is -0.368 e. The lowest BCUT2D eigenvalue weighted by Gasteiger charge is -2.32. The smallest absolute Gasteiger partial charge is 0.136 e. The van der Waals surface area contributed by atoms with Crippen LogP contribution in [0.15, 0.2) is 18.5 Å². The Morgan fingerprint density at radius 2 is 2.33 bits per heavy atom. The number of H-pyrrole nitrogens is 1. The zero-order chi connectivity index (χ0) is 14.8. The maximum atomic E-state index is 5.85. The molecular formula is C15H23N5O.